The number of rotatable bonds is 4. The number of ether oxygens (including phenoxy) is 1. The molecule has 0 radical (unpaired) electrons. The summed E-state index contributed by atoms with van der Waals surface area (Å²) in [7, 11) is -4.55. The molecule has 9 heteroatoms. The Labute approximate surface area is 178 Å². The highest BCUT2D eigenvalue weighted by atomic mass is 79.9. The van der Waals surface area contributed by atoms with Gasteiger partial charge >= 0.3 is 22.1 Å². The minimum absolute atomic E-state index is 0.000116. The molecule has 0 aromatic heterocycles. The van der Waals surface area contributed by atoms with E-state index in [1.807, 2.05) is 0 Å². The number of amides is 1. The number of hydrogen-bond donors (Lipinski definition) is 0. The van der Waals surface area contributed by atoms with Crippen LogP contribution in [0.3, 0.4) is 0 Å². The van der Waals surface area contributed by atoms with Gasteiger partial charge in [0.05, 0.1) is 5.92 Å². The average molecular weight is 484 g/mol. The van der Waals surface area contributed by atoms with Crippen LogP contribution in [0.5, 0.6) is 0 Å². The molecule has 1 amide bonds. The SMILES string of the molecule is C[C@@H](C(=O)ON(C(=O)OC(C)(C)C)S(=O)(=O)c1ccccc1Br)c1ccccc1. The molecule has 7 nitrogen and oxygen atoms in total. The molecule has 0 bridgehead atoms. The van der Waals surface area contributed by atoms with Gasteiger partial charge in [0.15, 0.2) is 0 Å². The zero-order chi connectivity index (χ0) is 21.8. The minimum atomic E-state index is -4.55. The summed E-state index contributed by atoms with van der Waals surface area (Å²) in [5.74, 6) is -1.73. The van der Waals surface area contributed by atoms with E-state index in [0.29, 0.717) is 5.56 Å². The third kappa shape index (κ3) is 5.80. The van der Waals surface area contributed by atoms with Crippen LogP contribution in [-0.4, -0.2) is 30.5 Å². The Balaban J connectivity index is 2.41. The van der Waals surface area contributed by atoms with Gasteiger partial charge in [-0.25, -0.2) is 9.59 Å². The van der Waals surface area contributed by atoms with Crippen molar-refractivity contribution in [1.82, 2.24) is 4.47 Å². The Hall–Kier alpha value is -2.39. The molecule has 0 fully saturated rings. The summed E-state index contributed by atoms with van der Waals surface area (Å²) in [6.07, 6.45) is -1.32. The van der Waals surface area contributed by atoms with Gasteiger partial charge in [-0.2, -0.15) is 8.42 Å². The summed E-state index contributed by atoms with van der Waals surface area (Å²) in [6.45, 7) is 6.27. The first kappa shape index (κ1) is 22.9. The van der Waals surface area contributed by atoms with Gasteiger partial charge in [0.1, 0.15) is 10.5 Å². The first-order chi connectivity index (χ1) is 13.4. The van der Waals surface area contributed by atoms with E-state index in [4.69, 9.17) is 9.57 Å². The van der Waals surface area contributed by atoms with Gasteiger partial charge in [-0.15, -0.1) is 0 Å². The number of halogens is 1. The molecule has 156 valence electrons. The molecule has 0 saturated heterocycles. The number of carbonyl (C=O) groups excluding carboxylic acids is 2. The van der Waals surface area contributed by atoms with Crippen LogP contribution in [0, 0.1) is 0 Å². The largest absolute Gasteiger partial charge is 0.459 e. The molecule has 0 N–H and O–H groups in total. The third-order valence-electron chi connectivity index (χ3n) is 3.70. The predicted octanol–water partition coefficient (Wildman–Crippen LogP) is 4.64. The number of nitrogens with zero attached hydrogens (tertiary/aromatic N) is 1. The van der Waals surface area contributed by atoms with Crippen molar-refractivity contribution in [2.45, 2.75) is 44.1 Å². The van der Waals surface area contributed by atoms with E-state index in [9.17, 15) is 18.0 Å². The van der Waals surface area contributed by atoms with Crippen molar-refractivity contribution in [2.75, 3.05) is 0 Å². The molecule has 0 spiro atoms. The summed E-state index contributed by atoms with van der Waals surface area (Å²) < 4.78 is 31.5. The average Bonchev–Trinajstić information content (AvgIpc) is 2.64. The predicted molar refractivity (Wildman–Crippen MR) is 110 cm³/mol. The molecule has 0 saturated carbocycles. The fraction of sp³-hybridized carbons (Fsp3) is 0.300. The topological polar surface area (TPSA) is 90.0 Å². The molecular weight excluding hydrogens is 462 g/mol. The normalized spacial score (nSPS) is 12.7. The van der Waals surface area contributed by atoms with Crippen LogP contribution in [0.4, 0.5) is 4.79 Å². The Morgan fingerprint density at radius 2 is 1.55 bits per heavy atom. The second-order valence-corrected chi connectivity index (χ2v) is 9.76. The highest BCUT2D eigenvalue weighted by Crippen LogP contribution is 2.27. The third-order valence-corrected chi connectivity index (χ3v) is 6.23. The Morgan fingerprint density at radius 1 is 1.00 bits per heavy atom. The van der Waals surface area contributed by atoms with Crippen molar-refractivity contribution in [3.63, 3.8) is 0 Å². The summed E-state index contributed by atoms with van der Waals surface area (Å²) in [5.41, 5.74) is -0.393. The minimum Gasteiger partial charge on any atom is -0.441 e. The lowest BCUT2D eigenvalue weighted by atomic mass is 10.0. The molecule has 2 aromatic rings. The molecule has 0 aliphatic rings. The van der Waals surface area contributed by atoms with Gasteiger partial charge in [0.25, 0.3) is 0 Å². The maximum atomic E-state index is 13.1. The number of sulfonamides is 1. The lowest BCUT2D eigenvalue weighted by Crippen LogP contribution is -2.42. The molecule has 2 aromatic carbocycles. The maximum absolute atomic E-state index is 13.1. The van der Waals surface area contributed by atoms with Gasteiger partial charge in [-0.1, -0.05) is 42.5 Å². The Morgan fingerprint density at radius 3 is 2.10 bits per heavy atom. The van der Waals surface area contributed by atoms with Gasteiger partial charge in [-0.05, 0) is 65.8 Å². The van der Waals surface area contributed by atoms with E-state index in [2.05, 4.69) is 15.9 Å². The molecule has 0 heterocycles. The zero-order valence-corrected chi connectivity index (χ0v) is 18.9. The first-order valence-corrected chi connectivity index (χ1v) is 11.0. The molecule has 0 unspecified atom stereocenters. The van der Waals surface area contributed by atoms with Crippen LogP contribution in [0.2, 0.25) is 0 Å². The van der Waals surface area contributed by atoms with Crippen molar-refractivity contribution < 1.29 is 27.6 Å². The van der Waals surface area contributed by atoms with Gasteiger partial charge in [-0.3, -0.25) is 0 Å². The van der Waals surface area contributed by atoms with Crippen LogP contribution in [0.15, 0.2) is 64.0 Å². The van der Waals surface area contributed by atoms with Gasteiger partial charge in [0, 0.05) is 4.47 Å². The van der Waals surface area contributed by atoms with Crippen molar-refractivity contribution in [3.8, 4) is 0 Å². The molecule has 0 aliphatic carbocycles. The standard InChI is InChI=1S/C20H22BrNO6S/c1-14(15-10-6-5-7-11-15)18(23)28-22(19(24)27-20(2,3)4)29(25,26)17-13-9-8-12-16(17)21/h5-14H,1-4H3/t14-/m1/s1. The highest BCUT2D eigenvalue weighted by Gasteiger charge is 2.39. The summed E-state index contributed by atoms with van der Waals surface area (Å²) in [6, 6.07) is 14.5. The van der Waals surface area contributed by atoms with Crippen LogP contribution in [-0.2, 0) is 24.4 Å². The van der Waals surface area contributed by atoms with E-state index in [1.54, 1.807) is 64.1 Å². The van der Waals surface area contributed by atoms with E-state index in [1.165, 1.54) is 18.2 Å². The number of benzene rings is 2. The van der Waals surface area contributed by atoms with Crippen LogP contribution in [0.25, 0.3) is 0 Å². The lowest BCUT2D eigenvalue weighted by Gasteiger charge is -2.26. The highest BCUT2D eigenvalue weighted by molar-refractivity contribution is 9.10. The number of carbonyl (C=O) groups is 2. The van der Waals surface area contributed by atoms with Crippen molar-refractivity contribution >= 4 is 38.0 Å². The van der Waals surface area contributed by atoms with Crippen LogP contribution >= 0.6 is 15.9 Å². The Bertz CT molecular complexity index is 986. The summed E-state index contributed by atoms with van der Waals surface area (Å²) in [5, 5.41) is 0. The van der Waals surface area contributed by atoms with Crippen LogP contribution < -0.4 is 0 Å². The van der Waals surface area contributed by atoms with Gasteiger partial charge < -0.3 is 9.57 Å². The molecule has 29 heavy (non-hydrogen) atoms. The fourth-order valence-electron chi connectivity index (χ4n) is 2.27. The van der Waals surface area contributed by atoms with Crippen molar-refractivity contribution in [2.24, 2.45) is 0 Å². The van der Waals surface area contributed by atoms with Crippen molar-refractivity contribution in [3.05, 3.63) is 64.6 Å². The fourth-order valence-corrected chi connectivity index (χ4v) is 4.31. The summed E-state index contributed by atoms with van der Waals surface area (Å²) >= 11 is 3.14. The van der Waals surface area contributed by atoms with E-state index < -0.39 is 33.6 Å². The van der Waals surface area contributed by atoms with E-state index in [-0.39, 0.29) is 13.8 Å². The van der Waals surface area contributed by atoms with Crippen LogP contribution in [0.1, 0.15) is 39.2 Å². The smallest absolute Gasteiger partial charge is 0.441 e. The number of hydroxylamine groups is 1. The van der Waals surface area contributed by atoms with Crippen molar-refractivity contribution in [1.29, 1.82) is 0 Å². The number of hydrogen-bond acceptors (Lipinski definition) is 6. The summed E-state index contributed by atoms with van der Waals surface area (Å²) in [4.78, 5) is 30.1. The molecular formula is C20H22BrNO6S. The first-order valence-electron chi connectivity index (χ1n) is 8.73. The van der Waals surface area contributed by atoms with E-state index >= 15 is 0 Å². The second kappa shape index (κ2) is 8.96. The monoisotopic (exact) mass is 483 g/mol. The Kier molecular flexibility index (Phi) is 7.07. The molecule has 0 aliphatic heterocycles. The molecule has 1 atom stereocenters. The van der Waals surface area contributed by atoms with E-state index in [0.717, 1.165) is 0 Å². The second-order valence-electron chi connectivity index (χ2n) is 7.19. The maximum Gasteiger partial charge on any atom is 0.459 e. The lowest BCUT2D eigenvalue weighted by molar-refractivity contribution is -0.168. The zero-order valence-electron chi connectivity index (χ0n) is 16.5. The molecule has 2 rings (SSSR count). The quantitative estimate of drug-likeness (QED) is 0.588. The van der Waals surface area contributed by atoms with Gasteiger partial charge in [0.2, 0.25) is 0 Å².